The van der Waals surface area contributed by atoms with Gasteiger partial charge in [-0.15, -0.1) is 0 Å². The summed E-state index contributed by atoms with van der Waals surface area (Å²) in [5, 5.41) is 0. The molecule has 15 heavy (non-hydrogen) atoms. The second-order valence-electron chi connectivity index (χ2n) is 3.33. The summed E-state index contributed by atoms with van der Waals surface area (Å²) in [5.41, 5.74) is 6.46. The van der Waals surface area contributed by atoms with Gasteiger partial charge in [0.05, 0.1) is 11.0 Å². The molecule has 78 valence electrons. The smallest absolute Gasteiger partial charge is 0.314 e. The highest BCUT2D eigenvalue weighted by Crippen LogP contribution is 2.08. The number of hydrogen-bond donors (Lipinski definition) is 3. The third-order valence-electron chi connectivity index (χ3n) is 2.22. The van der Waals surface area contributed by atoms with Gasteiger partial charge in [-0.2, -0.15) is 0 Å². The standard InChI is InChI=1S/C10H11N3O2/c11-4-3-6-1-2-7-8(5-6)13-10(15)9(14)12-7/h1-2,5H,3-4,11H2,(H,12,14)(H,13,15). The zero-order valence-corrected chi connectivity index (χ0v) is 8.04. The van der Waals surface area contributed by atoms with Crippen LogP contribution in [0.5, 0.6) is 0 Å². The molecule has 0 saturated carbocycles. The van der Waals surface area contributed by atoms with Crippen LogP contribution >= 0.6 is 0 Å². The molecular formula is C10H11N3O2. The van der Waals surface area contributed by atoms with Gasteiger partial charge in [0.2, 0.25) is 0 Å². The fraction of sp³-hybridized carbons (Fsp3) is 0.200. The van der Waals surface area contributed by atoms with Gasteiger partial charge in [-0.3, -0.25) is 9.59 Å². The highest BCUT2D eigenvalue weighted by molar-refractivity contribution is 5.74. The van der Waals surface area contributed by atoms with E-state index in [1.165, 1.54) is 0 Å². The van der Waals surface area contributed by atoms with Crippen LogP contribution in [0.25, 0.3) is 11.0 Å². The predicted octanol–water partition coefficient (Wildman–Crippen LogP) is -0.282. The Morgan fingerprint density at radius 2 is 1.73 bits per heavy atom. The van der Waals surface area contributed by atoms with Crippen LogP contribution in [-0.4, -0.2) is 16.5 Å². The van der Waals surface area contributed by atoms with E-state index in [9.17, 15) is 9.59 Å². The van der Waals surface area contributed by atoms with Gasteiger partial charge in [0.15, 0.2) is 0 Å². The van der Waals surface area contributed by atoms with Gasteiger partial charge in [-0.1, -0.05) is 6.07 Å². The van der Waals surface area contributed by atoms with Crippen molar-refractivity contribution in [2.75, 3.05) is 6.54 Å². The van der Waals surface area contributed by atoms with Crippen molar-refractivity contribution in [3.8, 4) is 0 Å². The van der Waals surface area contributed by atoms with E-state index in [-0.39, 0.29) is 0 Å². The molecule has 1 aromatic heterocycles. The van der Waals surface area contributed by atoms with Crippen LogP contribution in [0.2, 0.25) is 0 Å². The number of nitrogens with one attached hydrogen (secondary N) is 2. The number of aromatic amines is 2. The van der Waals surface area contributed by atoms with Crippen molar-refractivity contribution in [1.82, 2.24) is 9.97 Å². The Balaban J connectivity index is 2.66. The Kier molecular flexibility index (Phi) is 2.39. The van der Waals surface area contributed by atoms with Crippen LogP contribution in [-0.2, 0) is 6.42 Å². The van der Waals surface area contributed by atoms with E-state index in [1.54, 1.807) is 6.07 Å². The molecule has 4 N–H and O–H groups in total. The highest BCUT2D eigenvalue weighted by Gasteiger charge is 2.00. The monoisotopic (exact) mass is 205 g/mol. The van der Waals surface area contributed by atoms with Gasteiger partial charge in [-0.05, 0) is 30.7 Å². The number of benzene rings is 1. The number of rotatable bonds is 2. The first-order valence-corrected chi connectivity index (χ1v) is 4.66. The molecule has 1 aromatic carbocycles. The summed E-state index contributed by atoms with van der Waals surface area (Å²) in [6, 6.07) is 5.46. The Morgan fingerprint density at radius 3 is 2.40 bits per heavy atom. The number of fused-ring (bicyclic) bond motifs is 1. The van der Waals surface area contributed by atoms with Crippen molar-refractivity contribution >= 4 is 11.0 Å². The van der Waals surface area contributed by atoms with Gasteiger partial charge in [0.25, 0.3) is 0 Å². The van der Waals surface area contributed by atoms with E-state index >= 15 is 0 Å². The fourth-order valence-corrected chi connectivity index (χ4v) is 1.48. The third-order valence-corrected chi connectivity index (χ3v) is 2.22. The zero-order chi connectivity index (χ0) is 10.8. The number of H-pyrrole nitrogens is 2. The average Bonchev–Trinajstić information content (AvgIpc) is 2.21. The van der Waals surface area contributed by atoms with Gasteiger partial charge < -0.3 is 15.7 Å². The Labute approximate surface area is 84.9 Å². The Morgan fingerprint density at radius 1 is 1.07 bits per heavy atom. The quantitative estimate of drug-likeness (QED) is 0.589. The fourth-order valence-electron chi connectivity index (χ4n) is 1.48. The lowest BCUT2D eigenvalue weighted by molar-refractivity contribution is 0.969. The molecule has 0 aliphatic heterocycles. The molecular weight excluding hydrogens is 194 g/mol. The largest absolute Gasteiger partial charge is 0.330 e. The molecule has 0 aliphatic carbocycles. The summed E-state index contributed by atoms with van der Waals surface area (Å²) in [6.07, 6.45) is 0.747. The summed E-state index contributed by atoms with van der Waals surface area (Å²) in [5.74, 6) is 0. The highest BCUT2D eigenvalue weighted by atomic mass is 16.2. The van der Waals surface area contributed by atoms with Crippen LogP contribution in [0.3, 0.4) is 0 Å². The molecule has 0 spiro atoms. The van der Waals surface area contributed by atoms with Crippen molar-refractivity contribution < 1.29 is 0 Å². The van der Waals surface area contributed by atoms with Crippen LogP contribution in [0.15, 0.2) is 27.8 Å². The number of aromatic nitrogens is 2. The maximum atomic E-state index is 11.1. The Hall–Kier alpha value is -1.88. The maximum Gasteiger partial charge on any atom is 0.314 e. The maximum absolute atomic E-state index is 11.1. The van der Waals surface area contributed by atoms with E-state index in [0.717, 1.165) is 12.0 Å². The van der Waals surface area contributed by atoms with E-state index in [0.29, 0.717) is 17.6 Å². The van der Waals surface area contributed by atoms with Crippen molar-refractivity contribution in [3.05, 3.63) is 44.5 Å². The van der Waals surface area contributed by atoms with Crippen LogP contribution in [0, 0.1) is 0 Å². The molecule has 2 aromatic rings. The summed E-state index contributed by atoms with van der Waals surface area (Å²) >= 11 is 0. The predicted molar refractivity (Wildman–Crippen MR) is 57.9 cm³/mol. The van der Waals surface area contributed by atoms with Crippen molar-refractivity contribution in [1.29, 1.82) is 0 Å². The van der Waals surface area contributed by atoms with E-state index < -0.39 is 11.1 Å². The van der Waals surface area contributed by atoms with E-state index in [4.69, 9.17) is 5.73 Å². The van der Waals surface area contributed by atoms with Gasteiger partial charge in [0.1, 0.15) is 0 Å². The van der Waals surface area contributed by atoms with Crippen molar-refractivity contribution in [2.24, 2.45) is 5.73 Å². The molecule has 2 rings (SSSR count). The molecule has 0 radical (unpaired) electrons. The summed E-state index contributed by atoms with van der Waals surface area (Å²) in [7, 11) is 0. The van der Waals surface area contributed by atoms with E-state index in [1.807, 2.05) is 12.1 Å². The topological polar surface area (TPSA) is 91.7 Å². The zero-order valence-electron chi connectivity index (χ0n) is 8.04. The first-order chi connectivity index (χ1) is 7.20. The average molecular weight is 205 g/mol. The third kappa shape index (κ3) is 1.82. The molecule has 0 bridgehead atoms. The summed E-state index contributed by atoms with van der Waals surface area (Å²) in [4.78, 5) is 27.1. The van der Waals surface area contributed by atoms with E-state index in [2.05, 4.69) is 9.97 Å². The van der Waals surface area contributed by atoms with Crippen LogP contribution in [0.1, 0.15) is 5.56 Å². The molecule has 0 unspecified atom stereocenters. The lowest BCUT2D eigenvalue weighted by Gasteiger charge is -2.01. The minimum Gasteiger partial charge on any atom is -0.330 e. The minimum absolute atomic E-state index is 0.555. The molecule has 5 heteroatoms. The molecule has 1 heterocycles. The minimum atomic E-state index is -0.632. The summed E-state index contributed by atoms with van der Waals surface area (Å²) in [6.45, 7) is 0.555. The number of nitrogens with two attached hydrogens (primary N) is 1. The second-order valence-corrected chi connectivity index (χ2v) is 3.33. The lowest BCUT2D eigenvalue weighted by atomic mass is 10.1. The second kappa shape index (κ2) is 3.70. The SMILES string of the molecule is NCCc1ccc2[nH]c(=O)c(=O)[nH]c2c1. The summed E-state index contributed by atoms with van der Waals surface area (Å²) < 4.78 is 0. The molecule has 5 nitrogen and oxygen atoms in total. The molecule has 0 fully saturated rings. The first kappa shape index (κ1) is 9.67. The van der Waals surface area contributed by atoms with Gasteiger partial charge >= 0.3 is 11.1 Å². The van der Waals surface area contributed by atoms with Gasteiger partial charge in [0, 0.05) is 0 Å². The first-order valence-electron chi connectivity index (χ1n) is 4.66. The normalized spacial score (nSPS) is 10.7. The molecule has 0 aliphatic rings. The van der Waals surface area contributed by atoms with Gasteiger partial charge in [-0.25, -0.2) is 0 Å². The molecule has 0 saturated heterocycles. The molecule has 0 atom stereocenters. The van der Waals surface area contributed by atoms with Crippen molar-refractivity contribution in [3.63, 3.8) is 0 Å². The van der Waals surface area contributed by atoms with Crippen LogP contribution in [0.4, 0.5) is 0 Å². The Bertz CT molecular complexity index is 597. The lowest BCUT2D eigenvalue weighted by Crippen LogP contribution is -2.28. The van der Waals surface area contributed by atoms with Crippen LogP contribution < -0.4 is 16.9 Å². The number of hydrogen-bond acceptors (Lipinski definition) is 3. The van der Waals surface area contributed by atoms with Crippen molar-refractivity contribution in [2.45, 2.75) is 6.42 Å². The molecule has 0 amide bonds.